The number of hydrogen-bond donors (Lipinski definition) is 0. The number of aromatic nitrogens is 5. The molecule has 0 radical (unpaired) electrons. The van der Waals surface area contributed by atoms with Gasteiger partial charge in [0.25, 0.3) is 5.69 Å². The van der Waals surface area contributed by atoms with Gasteiger partial charge in [0.05, 0.1) is 5.56 Å². The molecule has 4 aromatic heterocycles. The zero-order valence-electron chi connectivity index (χ0n) is 24.7. The quantitative estimate of drug-likeness (QED) is 0.199. The van der Waals surface area contributed by atoms with E-state index in [-0.39, 0.29) is 17.6 Å². The highest BCUT2D eigenvalue weighted by atomic mass is 32.1. The third-order valence-electron chi connectivity index (χ3n) is 10.2. The molecule has 5 nitrogen and oxygen atoms in total. The molecule has 2 unspecified atom stereocenters. The maximum absolute atomic E-state index is 5.18. The zero-order chi connectivity index (χ0) is 28.9. The standard InChI is InChI=1S/C37H33N5S/c1-4-37(5-2)22-30(42-36(38-23(3)39-42)29-15-10-11-21-40(29)37)35-26-18-20-32-34(25-13-7-9-16-31(25)43-32)33(26)28-19-17-24-12-6-8-14-27(24)41(28)35/h6-21,30,35H,4-5,22H2,1-3H3/q+2. The molecule has 0 bridgehead atoms. The molecule has 7 aromatic rings. The molecule has 0 spiro atoms. The van der Waals surface area contributed by atoms with Crippen molar-refractivity contribution in [1.82, 2.24) is 14.8 Å². The fraction of sp³-hybridized carbons (Fsp3) is 0.243. The van der Waals surface area contributed by atoms with Gasteiger partial charge in [0.15, 0.2) is 11.7 Å². The van der Waals surface area contributed by atoms with Crippen LogP contribution in [-0.4, -0.2) is 14.8 Å². The third-order valence-corrected chi connectivity index (χ3v) is 11.4. The molecule has 9 rings (SSSR count). The Morgan fingerprint density at radius 2 is 1.67 bits per heavy atom. The molecule has 3 aromatic carbocycles. The molecule has 0 N–H and O–H groups in total. The molecule has 0 amide bonds. The second-order valence-corrected chi connectivity index (χ2v) is 13.3. The van der Waals surface area contributed by atoms with Gasteiger partial charge in [-0.25, -0.2) is 9.67 Å². The molecule has 6 heterocycles. The molecule has 2 atom stereocenters. The highest BCUT2D eigenvalue weighted by Crippen LogP contribution is 2.51. The summed E-state index contributed by atoms with van der Waals surface area (Å²) in [5.74, 6) is 1.78. The van der Waals surface area contributed by atoms with E-state index < -0.39 is 0 Å². The van der Waals surface area contributed by atoms with Crippen LogP contribution in [0.25, 0.3) is 53.9 Å². The van der Waals surface area contributed by atoms with Crippen molar-refractivity contribution >= 4 is 42.4 Å². The summed E-state index contributed by atoms with van der Waals surface area (Å²) < 4.78 is 10.1. The Balaban J connectivity index is 1.41. The van der Waals surface area contributed by atoms with Gasteiger partial charge < -0.3 is 0 Å². The number of thiophene rings is 1. The van der Waals surface area contributed by atoms with Gasteiger partial charge in [-0.15, -0.1) is 11.3 Å². The second kappa shape index (κ2) is 9.04. The molecule has 210 valence electrons. The van der Waals surface area contributed by atoms with Crippen LogP contribution in [0.4, 0.5) is 0 Å². The highest BCUT2D eigenvalue weighted by Gasteiger charge is 2.53. The minimum Gasteiger partial charge on any atom is -0.230 e. The van der Waals surface area contributed by atoms with Crippen LogP contribution in [0.2, 0.25) is 0 Å². The summed E-state index contributed by atoms with van der Waals surface area (Å²) in [5.41, 5.74) is 6.39. The summed E-state index contributed by atoms with van der Waals surface area (Å²) in [5, 5.41) is 9.16. The number of rotatable bonds is 3. The Bertz CT molecular complexity index is 2240. The molecule has 0 aliphatic carbocycles. The van der Waals surface area contributed by atoms with Gasteiger partial charge in [-0.05, 0) is 37.3 Å². The lowest BCUT2D eigenvalue weighted by atomic mass is 9.81. The van der Waals surface area contributed by atoms with E-state index >= 15 is 0 Å². The first kappa shape index (κ1) is 25.1. The fourth-order valence-corrected chi connectivity index (χ4v) is 9.29. The Kier molecular flexibility index (Phi) is 5.28. The van der Waals surface area contributed by atoms with E-state index in [0.29, 0.717) is 0 Å². The van der Waals surface area contributed by atoms with E-state index in [2.05, 4.69) is 125 Å². The summed E-state index contributed by atoms with van der Waals surface area (Å²) in [4.78, 5) is 5.09. The minimum atomic E-state index is -0.0647. The summed E-state index contributed by atoms with van der Waals surface area (Å²) in [6, 6.07) is 33.8. The van der Waals surface area contributed by atoms with Crippen LogP contribution < -0.4 is 9.13 Å². The van der Waals surface area contributed by atoms with Crippen LogP contribution in [0.1, 0.15) is 56.6 Å². The lowest BCUT2D eigenvalue weighted by Gasteiger charge is -2.30. The Labute approximate surface area is 254 Å². The minimum absolute atomic E-state index is 0.0615. The van der Waals surface area contributed by atoms with Gasteiger partial charge in [-0.3, -0.25) is 0 Å². The van der Waals surface area contributed by atoms with Crippen molar-refractivity contribution < 1.29 is 9.13 Å². The molecule has 43 heavy (non-hydrogen) atoms. The average Bonchev–Trinajstić information content (AvgIpc) is 3.71. The van der Waals surface area contributed by atoms with Gasteiger partial charge in [-0.2, -0.15) is 14.2 Å². The monoisotopic (exact) mass is 579 g/mol. The van der Waals surface area contributed by atoms with Crippen LogP contribution in [0.5, 0.6) is 0 Å². The number of pyridine rings is 2. The average molecular weight is 580 g/mol. The molecule has 2 aliphatic rings. The van der Waals surface area contributed by atoms with Crippen molar-refractivity contribution in [3.8, 4) is 22.8 Å². The van der Waals surface area contributed by atoms with E-state index in [0.717, 1.165) is 36.6 Å². The number of nitrogens with zero attached hydrogens (tertiary/aromatic N) is 5. The van der Waals surface area contributed by atoms with E-state index in [4.69, 9.17) is 10.1 Å². The van der Waals surface area contributed by atoms with Gasteiger partial charge >= 0.3 is 0 Å². The Hall–Kier alpha value is -4.42. The number of benzene rings is 3. The fourth-order valence-electron chi connectivity index (χ4n) is 8.18. The summed E-state index contributed by atoms with van der Waals surface area (Å²) >= 11 is 1.90. The van der Waals surface area contributed by atoms with Crippen LogP contribution >= 0.6 is 11.3 Å². The SMILES string of the molecule is CCC1(CC)CC(C2c3ccc4sc5ccccc5c4c3-c3ccc4ccccc4[n+]32)n2nc(C)nc2-c2cccc[n+]21. The number of aryl methyl sites for hydroxylation is 1. The first-order valence-corrected chi connectivity index (χ1v) is 16.3. The molecule has 2 aliphatic heterocycles. The van der Waals surface area contributed by atoms with Crippen molar-refractivity contribution in [2.75, 3.05) is 0 Å². The molecule has 0 fully saturated rings. The van der Waals surface area contributed by atoms with Crippen molar-refractivity contribution in [3.63, 3.8) is 0 Å². The van der Waals surface area contributed by atoms with Gasteiger partial charge in [0.1, 0.15) is 11.9 Å². The molecule has 0 saturated carbocycles. The molecule has 6 heteroatoms. The van der Waals surface area contributed by atoms with E-state index in [1.54, 1.807) is 0 Å². The number of para-hydroxylation sites is 1. The normalized spacial score (nSPS) is 18.4. The van der Waals surface area contributed by atoms with E-state index in [1.165, 1.54) is 47.9 Å². The second-order valence-electron chi connectivity index (χ2n) is 12.2. The summed E-state index contributed by atoms with van der Waals surface area (Å²) in [6.07, 6.45) is 5.29. The number of fused-ring (bicyclic) bond motifs is 12. The van der Waals surface area contributed by atoms with Crippen molar-refractivity contribution in [1.29, 1.82) is 0 Å². The Morgan fingerprint density at radius 1 is 0.860 bits per heavy atom. The highest BCUT2D eigenvalue weighted by molar-refractivity contribution is 7.25. The van der Waals surface area contributed by atoms with Crippen molar-refractivity contribution in [2.45, 2.75) is 57.7 Å². The van der Waals surface area contributed by atoms with E-state index in [1.807, 2.05) is 18.3 Å². The molecule has 0 saturated heterocycles. The zero-order valence-corrected chi connectivity index (χ0v) is 25.5. The molecular weight excluding hydrogens is 547 g/mol. The summed E-state index contributed by atoms with van der Waals surface area (Å²) in [7, 11) is 0. The predicted molar refractivity (Wildman–Crippen MR) is 173 cm³/mol. The maximum atomic E-state index is 5.18. The predicted octanol–water partition coefficient (Wildman–Crippen LogP) is 8.08. The largest absolute Gasteiger partial charge is 0.250 e. The van der Waals surface area contributed by atoms with Crippen molar-refractivity contribution in [3.05, 3.63) is 109 Å². The third kappa shape index (κ3) is 3.33. The van der Waals surface area contributed by atoms with Gasteiger partial charge in [0, 0.05) is 74.6 Å². The van der Waals surface area contributed by atoms with E-state index in [9.17, 15) is 0 Å². The number of hydrogen-bond acceptors (Lipinski definition) is 3. The smallest absolute Gasteiger partial charge is 0.230 e. The van der Waals surface area contributed by atoms with Gasteiger partial charge in [-0.1, -0.05) is 50.2 Å². The maximum Gasteiger partial charge on any atom is 0.250 e. The first-order valence-electron chi connectivity index (χ1n) is 15.4. The van der Waals surface area contributed by atoms with Crippen LogP contribution in [0, 0.1) is 6.92 Å². The first-order chi connectivity index (χ1) is 21.1. The van der Waals surface area contributed by atoms with Crippen LogP contribution in [0.3, 0.4) is 0 Å². The summed E-state index contributed by atoms with van der Waals surface area (Å²) in [6.45, 7) is 6.72. The topological polar surface area (TPSA) is 38.5 Å². The van der Waals surface area contributed by atoms with Crippen LogP contribution in [-0.2, 0) is 5.54 Å². The van der Waals surface area contributed by atoms with Crippen LogP contribution in [0.15, 0.2) is 97.2 Å². The lowest BCUT2D eigenvalue weighted by Crippen LogP contribution is -2.57. The van der Waals surface area contributed by atoms with Crippen molar-refractivity contribution in [2.24, 2.45) is 0 Å². The Morgan fingerprint density at radius 3 is 2.56 bits per heavy atom. The molecular formula is C37H33N5S+2. The van der Waals surface area contributed by atoms with Gasteiger partial charge in [0.2, 0.25) is 23.1 Å². The lowest BCUT2D eigenvalue weighted by molar-refractivity contribution is -0.759.